The Morgan fingerprint density at radius 1 is 1.57 bits per heavy atom. The summed E-state index contributed by atoms with van der Waals surface area (Å²) in [5, 5.41) is 0. The largest absolute Gasteiger partial charge is 0.330 e. The lowest BCUT2D eigenvalue weighted by Gasteiger charge is -2.02. The van der Waals surface area contributed by atoms with Gasteiger partial charge in [0, 0.05) is 11.8 Å². The van der Waals surface area contributed by atoms with Crippen molar-refractivity contribution in [1.29, 1.82) is 0 Å². The molecule has 1 aliphatic rings. The van der Waals surface area contributed by atoms with Gasteiger partial charge >= 0.3 is 0 Å². The highest BCUT2D eigenvalue weighted by Crippen LogP contribution is 2.63. The molecule has 1 heterocycles. The van der Waals surface area contributed by atoms with Crippen LogP contribution in [0.1, 0.15) is 25.3 Å². The molecule has 1 saturated carbocycles. The van der Waals surface area contributed by atoms with Crippen LogP contribution in [0.4, 0.5) is 4.39 Å². The van der Waals surface area contributed by atoms with E-state index in [9.17, 15) is 4.39 Å². The molecule has 0 saturated heterocycles. The Bertz CT molecular complexity index is 349. The number of rotatable bonds is 2. The fraction of sp³-hybridized carbons (Fsp3) is 0.545. The number of hydrogen-bond donors (Lipinski definition) is 1. The van der Waals surface area contributed by atoms with Gasteiger partial charge in [-0.2, -0.15) is 4.39 Å². The minimum atomic E-state index is -0.346. The molecule has 0 aromatic carbocycles. The van der Waals surface area contributed by atoms with Gasteiger partial charge in [-0.25, -0.2) is 4.98 Å². The third kappa shape index (κ3) is 1.23. The van der Waals surface area contributed by atoms with Gasteiger partial charge in [-0.05, 0) is 29.9 Å². The molecule has 0 radical (unpaired) electrons. The molecule has 0 aliphatic heterocycles. The molecule has 1 fully saturated rings. The van der Waals surface area contributed by atoms with Crippen molar-refractivity contribution in [2.75, 3.05) is 6.54 Å². The van der Waals surface area contributed by atoms with Crippen LogP contribution in [0, 0.1) is 17.3 Å². The molecule has 2 N–H and O–H groups in total. The molecule has 0 unspecified atom stereocenters. The second-order valence-corrected chi connectivity index (χ2v) is 4.52. The van der Waals surface area contributed by atoms with Crippen LogP contribution in [0.3, 0.4) is 0 Å². The molecule has 14 heavy (non-hydrogen) atoms. The van der Waals surface area contributed by atoms with E-state index in [2.05, 4.69) is 18.8 Å². The molecule has 3 heteroatoms. The molecule has 1 aliphatic carbocycles. The fourth-order valence-electron chi connectivity index (χ4n) is 2.43. The van der Waals surface area contributed by atoms with E-state index in [4.69, 9.17) is 5.73 Å². The van der Waals surface area contributed by atoms with Gasteiger partial charge in [0.25, 0.3) is 0 Å². The predicted octanol–water partition coefficient (Wildman–Crippen LogP) is 1.92. The number of hydrogen-bond acceptors (Lipinski definition) is 2. The van der Waals surface area contributed by atoms with Gasteiger partial charge in [-0.3, -0.25) is 0 Å². The quantitative estimate of drug-likeness (QED) is 0.730. The van der Waals surface area contributed by atoms with Crippen LogP contribution in [0.15, 0.2) is 18.3 Å². The first kappa shape index (κ1) is 9.59. The van der Waals surface area contributed by atoms with Gasteiger partial charge in [0.1, 0.15) is 0 Å². The summed E-state index contributed by atoms with van der Waals surface area (Å²) in [6, 6.07) is 3.59. The summed E-state index contributed by atoms with van der Waals surface area (Å²) in [6.07, 6.45) is 1.48. The summed E-state index contributed by atoms with van der Waals surface area (Å²) in [4.78, 5) is 3.67. The maximum absolute atomic E-state index is 13.4. The zero-order valence-electron chi connectivity index (χ0n) is 8.50. The van der Waals surface area contributed by atoms with Crippen LogP contribution in [0.5, 0.6) is 0 Å². The summed E-state index contributed by atoms with van der Waals surface area (Å²) in [5.41, 5.74) is 6.48. The van der Waals surface area contributed by atoms with Crippen molar-refractivity contribution in [1.82, 2.24) is 4.98 Å². The van der Waals surface area contributed by atoms with Crippen LogP contribution in [0.25, 0.3) is 0 Å². The summed E-state index contributed by atoms with van der Waals surface area (Å²) in [5.74, 6) is 0.281. The first-order valence-corrected chi connectivity index (χ1v) is 4.89. The zero-order chi connectivity index (χ0) is 10.3. The van der Waals surface area contributed by atoms with Crippen molar-refractivity contribution >= 4 is 0 Å². The summed E-state index contributed by atoms with van der Waals surface area (Å²) >= 11 is 0. The van der Waals surface area contributed by atoms with Crippen LogP contribution in [-0.4, -0.2) is 11.5 Å². The minimum absolute atomic E-state index is 0.124. The van der Waals surface area contributed by atoms with Crippen LogP contribution in [0.2, 0.25) is 0 Å². The SMILES string of the molecule is CC1(C)[C@@H](CN)[C@@H]1c1cccnc1F. The van der Waals surface area contributed by atoms with E-state index in [1.807, 2.05) is 6.07 Å². The van der Waals surface area contributed by atoms with Gasteiger partial charge in [0.05, 0.1) is 0 Å². The first-order chi connectivity index (χ1) is 6.59. The number of aromatic nitrogens is 1. The van der Waals surface area contributed by atoms with Gasteiger partial charge < -0.3 is 5.73 Å². The average Bonchev–Trinajstić information content (AvgIpc) is 2.69. The van der Waals surface area contributed by atoms with Crippen molar-refractivity contribution in [2.45, 2.75) is 19.8 Å². The van der Waals surface area contributed by atoms with E-state index in [0.29, 0.717) is 18.0 Å². The second kappa shape index (κ2) is 3.02. The lowest BCUT2D eigenvalue weighted by molar-refractivity contribution is 0.539. The first-order valence-electron chi connectivity index (χ1n) is 4.89. The predicted molar refractivity (Wildman–Crippen MR) is 53.3 cm³/mol. The second-order valence-electron chi connectivity index (χ2n) is 4.52. The molecule has 1 aromatic heterocycles. The highest BCUT2D eigenvalue weighted by molar-refractivity contribution is 5.30. The lowest BCUT2D eigenvalue weighted by atomic mass is 10.0. The van der Waals surface area contributed by atoms with E-state index in [-0.39, 0.29) is 17.3 Å². The zero-order valence-corrected chi connectivity index (χ0v) is 8.50. The molecule has 2 nitrogen and oxygen atoms in total. The van der Waals surface area contributed by atoms with Crippen molar-refractivity contribution < 1.29 is 4.39 Å². The maximum atomic E-state index is 13.4. The summed E-state index contributed by atoms with van der Waals surface area (Å²) < 4.78 is 13.4. The van der Waals surface area contributed by atoms with E-state index in [1.54, 1.807) is 6.07 Å². The molecule has 2 atom stereocenters. The highest BCUT2D eigenvalue weighted by atomic mass is 19.1. The van der Waals surface area contributed by atoms with Crippen molar-refractivity contribution in [2.24, 2.45) is 17.1 Å². The van der Waals surface area contributed by atoms with Crippen molar-refractivity contribution in [3.05, 3.63) is 29.8 Å². The van der Waals surface area contributed by atoms with Crippen molar-refractivity contribution in [3.8, 4) is 0 Å². The Kier molecular flexibility index (Phi) is 2.07. The molecule has 1 aromatic rings. The Labute approximate surface area is 83.3 Å². The Hall–Kier alpha value is -0.960. The third-order valence-electron chi connectivity index (χ3n) is 3.43. The molecular formula is C11H15FN2. The summed E-state index contributed by atoms with van der Waals surface area (Å²) in [7, 11) is 0. The van der Waals surface area contributed by atoms with Crippen LogP contribution in [-0.2, 0) is 0 Å². The maximum Gasteiger partial charge on any atom is 0.216 e. The Morgan fingerprint density at radius 3 is 2.79 bits per heavy atom. The molecule has 0 amide bonds. The average molecular weight is 194 g/mol. The number of nitrogens with zero attached hydrogens (tertiary/aromatic N) is 1. The van der Waals surface area contributed by atoms with Crippen LogP contribution < -0.4 is 5.73 Å². The highest BCUT2D eigenvalue weighted by Gasteiger charge is 2.58. The molecule has 76 valence electrons. The van der Waals surface area contributed by atoms with E-state index in [0.717, 1.165) is 0 Å². The van der Waals surface area contributed by atoms with E-state index in [1.165, 1.54) is 6.20 Å². The van der Waals surface area contributed by atoms with E-state index >= 15 is 0 Å². The van der Waals surface area contributed by atoms with Crippen LogP contribution >= 0.6 is 0 Å². The molecule has 2 rings (SSSR count). The number of pyridine rings is 1. The van der Waals surface area contributed by atoms with Gasteiger partial charge in [0.15, 0.2) is 0 Å². The smallest absolute Gasteiger partial charge is 0.216 e. The monoisotopic (exact) mass is 194 g/mol. The fourth-order valence-corrected chi connectivity index (χ4v) is 2.43. The Balaban J connectivity index is 2.31. The molecular weight excluding hydrogens is 179 g/mol. The van der Waals surface area contributed by atoms with Gasteiger partial charge in [-0.15, -0.1) is 0 Å². The topological polar surface area (TPSA) is 38.9 Å². The normalized spacial score (nSPS) is 28.9. The standard InChI is InChI=1S/C11H15FN2/c1-11(2)8(6-13)9(11)7-4-3-5-14-10(7)12/h3-5,8-9H,6,13H2,1-2H3/t8-,9-/m0/s1. The number of nitrogens with two attached hydrogens (primary N) is 1. The van der Waals surface area contributed by atoms with E-state index < -0.39 is 0 Å². The molecule has 0 spiro atoms. The molecule has 0 bridgehead atoms. The van der Waals surface area contributed by atoms with Gasteiger partial charge in [0.2, 0.25) is 5.95 Å². The summed E-state index contributed by atoms with van der Waals surface area (Å²) in [6.45, 7) is 4.87. The minimum Gasteiger partial charge on any atom is -0.330 e. The Morgan fingerprint density at radius 2 is 2.29 bits per heavy atom. The lowest BCUT2D eigenvalue weighted by Crippen LogP contribution is -2.05. The number of halogens is 1. The van der Waals surface area contributed by atoms with Crippen molar-refractivity contribution in [3.63, 3.8) is 0 Å². The third-order valence-corrected chi connectivity index (χ3v) is 3.43. The van der Waals surface area contributed by atoms with Gasteiger partial charge in [-0.1, -0.05) is 19.9 Å².